The van der Waals surface area contributed by atoms with E-state index >= 15 is 0 Å². The van der Waals surface area contributed by atoms with Crippen molar-refractivity contribution in [3.05, 3.63) is 16.5 Å². The normalized spacial score (nSPS) is 23.4. The summed E-state index contributed by atoms with van der Waals surface area (Å²) in [6, 6.07) is 0.694. The van der Waals surface area contributed by atoms with E-state index in [1.165, 1.54) is 19.4 Å². The Kier molecular flexibility index (Phi) is 3.87. The van der Waals surface area contributed by atoms with Gasteiger partial charge in [-0.3, -0.25) is 4.90 Å². The highest BCUT2D eigenvalue weighted by Gasteiger charge is 2.32. The molecule has 2 saturated heterocycles. The summed E-state index contributed by atoms with van der Waals surface area (Å²) in [5, 5.41) is 0.604. The van der Waals surface area contributed by atoms with Crippen LogP contribution in [-0.4, -0.2) is 47.1 Å². The van der Waals surface area contributed by atoms with Crippen molar-refractivity contribution in [2.75, 3.05) is 31.1 Å². The lowest BCUT2D eigenvalue weighted by atomic mass is 10.1. The van der Waals surface area contributed by atoms with Crippen molar-refractivity contribution < 1.29 is 0 Å². The van der Waals surface area contributed by atoms with Crippen LogP contribution in [-0.2, 0) is 0 Å². The summed E-state index contributed by atoms with van der Waals surface area (Å²) in [4.78, 5) is 14.2. The molecule has 0 radical (unpaired) electrons. The third-order valence-electron chi connectivity index (χ3n) is 4.48. The Morgan fingerprint density at radius 3 is 2.75 bits per heavy atom. The van der Waals surface area contributed by atoms with Crippen molar-refractivity contribution in [3.63, 3.8) is 0 Å². The predicted octanol–water partition coefficient (Wildman–Crippen LogP) is 2.85. The van der Waals surface area contributed by atoms with Crippen molar-refractivity contribution >= 4 is 17.4 Å². The number of aromatic nitrogens is 2. The number of hydrogen-bond acceptors (Lipinski definition) is 4. The molecule has 110 valence electrons. The summed E-state index contributed by atoms with van der Waals surface area (Å²) >= 11 is 6.31. The van der Waals surface area contributed by atoms with E-state index in [1.807, 2.05) is 6.92 Å². The maximum atomic E-state index is 6.31. The average molecular weight is 295 g/mol. The van der Waals surface area contributed by atoms with Crippen molar-refractivity contribution in [2.45, 2.75) is 45.6 Å². The molecular formula is C15H23ClN4. The summed E-state index contributed by atoms with van der Waals surface area (Å²) in [6.07, 6.45) is 2.64. The Bertz CT molecular complexity index is 503. The molecule has 2 fully saturated rings. The van der Waals surface area contributed by atoms with Crippen LogP contribution in [0.2, 0.25) is 5.15 Å². The Morgan fingerprint density at radius 2 is 2.00 bits per heavy atom. The van der Waals surface area contributed by atoms with E-state index in [0.717, 1.165) is 36.8 Å². The Morgan fingerprint density at radius 1 is 1.20 bits per heavy atom. The van der Waals surface area contributed by atoms with Crippen LogP contribution >= 0.6 is 11.6 Å². The van der Waals surface area contributed by atoms with Crippen LogP contribution in [0.5, 0.6) is 0 Å². The number of piperazine rings is 1. The van der Waals surface area contributed by atoms with Gasteiger partial charge in [-0.15, -0.1) is 0 Å². The van der Waals surface area contributed by atoms with Gasteiger partial charge in [0.15, 0.2) is 0 Å². The van der Waals surface area contributed by atoms with E-state index in [4.69, 9.17) is 16.6 Å². The van der Waals surface area contributed by atoms with E-state index in [9.17, 15) is 0 Å². The van der Waals surface area contributed by atoms with Gasteiger partial charge in [-0.2, -0.15) is 0 Å². The standard InChI is InChI=1S/C15H23ClN4/c1-10(2)14-17-13(16)11(3)15(18-14)20-8-7-19-6-4-5-12(19)9-20/h10,12H,4-9H2,1-3H3. The first-order valence-electron chi connectivity index (χ1n) is 7.59. The van der Waals surface area contributed by atoms with E-state index in [-0.39, 0.29) is 0 Å². The zero-order valence-electron chi connectivity index (χ0n) is 12.6. The second kappa shape index (κ2) is 5.49. The van der Waals surface area contributed by atoms with Gasteiger partial charge in [0, 0.05) is 37.2 Å². The fourth-order valence-electron chi connectivity index (χ4n) is 3.24. The zero-order valence-corrected chi connectivity index (χ0v) is 13.3. The van der Waals surface area contributed by atoms with Crippen molar-refractivity contribution in [1.29, 1.82) is 0 Å². The lowest BCUT2D eigenvalue weighted by Crippen LogP contribution is -2.50. The molecule has 2 aliphatic heterocycles. The Labute approximate surface area is 126 Å². The number of hydrogen-bond donors (Lipinski definition) is 0. The summed E-state index contributed by atoms with van der Waals surface area (Å²) < 4.78 is 0. The van der Waals surface area contributed by atoms with Crippen LogP contribution < -0.4 is 4.90 Å². The van der Waals surface area contributed by atoms with Crippen molar-refractivity contribution in [1.82, 2.24) is 14.9 Å². The van der Waals surface area contributed by atoms with E-state index in [1.54, 1.807) is 0 Å². The Hall–Kier alpha value is -0.870. The quantitative estimate of drug-likeness (QED) is 0.785. The first-order valence-corrected chi connectivity index (χ1v) is 7.97. The molecule has 1 aromatic heterocycles. The number of nitrogens with zero attached hydrogens (tertiary/aromatic N) is 4. The van der Waals surface area contributed by atoms with Gasteiger partial charge in [-0.1, -0.05) is 25.4 Å². The minimum atomic E-state index is 0.305. The van der Waals surface area contributed by atoms with Gasteiger partial charge in [0.2, 0.25) is 0 Å². The highest BCUT2D eigenvalue weighted by molar-refractivity contribution is 6.30. The molecule has 1 unspecified atom stereocenters. The largest absolute Gasteiger partial charge is 0.353 e. The molecule has 0 aliphatic carbocycles. The first kappa shape index (κ1) is 14.1. The SMILES string of the molecule is Cc1c(Cl)nc(C(C)C)nc1N1CCN2CCCC2C1. The molecule has 0 N–H and O–H groups in total. The van der Waals surface area contributed by atoms with Gasteiger partial charge >= 0.3 is 0 Å². The van der Waals surface area contributed by atoms with Gasteiger partial charge in [-0.05, 0) is 26.3 Å². The molecule has 1 atom stereocenters. The lowest BCUT2D eigenvalue weighted by Gasteiger charge is -2.38. The monoisotopic (exact) mass is 294 g/mol. The molecule has 0 saturated carbocycles. The molecule has 3 rings (SSSR count). The molecule has 1 aromatic rings. The maximum Gasteiger partial charge on any atom is 0.137 e. The second-order valence-electron chi connectivity index (χ2n) is 6.25. The molecule has 0 bridgehead atoms. The summed E-state index contributed by atoms with van der Waals surface area (Å²) in [5.74, 6) is 2.20. The van der Waals surface area contributed by atoms with Crippen LogP contribution in [0, 0.1) is 6.92 Å². The van der Waals surface area contributed by atoms with Crippen LogP contribution in [0.25, 0.3) is 0 Å². The zero-order chi connectivity index (χ0) is 14.3. The van der Waals surface area contributed by atoms with E-state index < -0.39 is 0 Å². The Balaban J connectivity index is 1.89. The molecule has 5 heteroatoms. The van der Waals surface area contributed by atoms with Gasteiger partial charge in [-0.25, -0.2) is 9.97 Å². The van der Waals surface area contributed by atoms with Crippen LogP contribution in [0.15, 0.2) is 0 Å². The minimum absolute atomic E-state index is 0.305. The minimum Gasteiger partial charge on any atom is -0.353 e. The molecular weight excluding hydrogens is 272 g/mol. The first-order chi connectivity index (χ1) is 9.56. The van der Waals surface area contributed by atoms with Crippen molar-refractivity contribution in [3.8, 4) is 0 Å². The van der Waals surface area contributed by atoms with Crippen LogP contribution in [0.1, 0.15) is 44.0 Å². The smallest absolute Gasteiger partial charge is 0.137 e. The molecule has 2 aliphatic rings. The number of fused-ring (bicyclic) bond motifs is 1. The molecule has 4 nitrogen and oxygen atoms in total. The topological polar surface area (TPSA) is 32.3 Å². The molecule has 0 spiro atoms. The summed E-state index contributed by atoms with van der Waals surface area (Å²) in [6.45, 7) is 10.8. The fraction of sp³-hybridized carbons (Fsp3) is 0.733. The van der Waals surface area contributed by atoms with Crippen LogP contribution in [0.4, 0.5) is 5.82 Å². The number of anilines is 1. The molecule has 3 heterocycles. The van der Waals surface area contributed by atoms with Gasteiger partial charge in [0.1, 0.15) is 16.8 Å². The third kappa shape index (κ3) is 2.51. The summed E-state index contributed by atoms with van der Waals surface area (Å²) in [7, 11) is 0. The van der Waals surface area contributed by atoms with Gasteiger partial charge < -0.3 is 4.90 Å². The number of halogens is 1. The predicted molar refractivity (Wildman–Crippen MR) is 82.7 cm³/mol. The molecule has 0 aromatic carbocycles. The highest BCUT2D eigenvalue weighted by Crippen LogP contribution is 2.29. The van der Waals surface area contributed by atoms with E-state index in [0.29, 0.717) is 17.1 Å². The fourth-order valence-corrected chi connectivity index (χ4v) is 3.41. The average Bonchev–Trinajstić information content (AvgIpc) is 2.88. The highest BCUT2D eigenvalue weighted by atomic mass is 35.5. The maximum absolute atomic E-state index is 6.31. The van der Waals surface area contributed by atoms with Gasteiger partial charge in [0.25, 0.3) is 0 Å². The third-order valence-corrected chi connectivity index (χ3v) is 4.85. The van der Waals surface area contributed by atoms with Crippen LogP contribution in [0.3, 0.4) is 0 Å². The second-order valence-corrected chi connectivity index (χ2v) is 6.61. The van der Waals surface area contributed by atoms with E-state index in [2.05, 4.69) is 28.6 Å². The number of rotatable bonds is 2. The molecule has 0 amide bonds. The van der Waals surface area contributed by atoms with Gasteiger partial charge in [0.05, 0.1) is 0 Å². The molecule has 20 heavy (non-hydrogen) atoms. The summed E-state index contributed by atoms with van der Waals surface area (Å²) in [5.41, 5.74) is 1.02. The lowest BCUT2D eigenvalue weighted by molar-refractivity contribution is 0.230. The van der Waals surface area contributed by atoms with Crippen molar-refractivity contribution in [2.24, 2.45) is 0 Å².